The van der Waals surface area contributed by atoms with E-state index in [1.807, 2.05) is 79.0 Å². The lowest BCUT2D eigenvalue weighted by Gasteiger charge is -2.09. The second-order valence-electron chi connectivity index (χ2n) is 7.20. The third-order valence-electron chi connectivity index (χ3n) is 4.90. The number of carbonyl (C=O) groups is 1. The standard InChI is InChI=1S/C26H19N3O2S/c30-25(19-8-5-11-22(15-19)31-17-18-6-2-1-3-7-18)28-21-10-4-9-20(14-21)26-29-23-12-13-27-16-24(23)32-26/h1-16H,17H2,(H,28,30). The molecular formula is C26H19N3O2S. The summed E-state index contributed by atoms with van der Waals surface area (Å²) in [5.41, 5.74) is 4.18. The fourth-order valence-electron chi connectivity index (χ4n) is 3.30. The maximum absolute atomic E-state index is 12.8. The first-order chi connectivity index (χ1) is 15.7. The molecule has 0 saturated carbocycles. The summed E-state index contributed by atoms with van der Waals surface area (Å²) in [5.74, 6) is 0.458. The molecule has 5 aromatic rings. The Morgan fingerprint density at radius 1 is 0.938 bits per heavy atom. The molecule has 5 nitrogen and oxygen atoms in total. The van der Waals surface area contributed by atoms with Gasteiger partial charge in [0.2, 0.25) is 0 Å². The smallest absolute Gasteiger partial charge is 0.255 e. The summed E-state index contributed by atoms with van der Waals surface area (Å²) in [5, 5.41) is 3.86. The number of benzene rings is 3. The third kappa shape index (κ3) is 4.50. The highest BCUT2D eigenvalue weighted by atomic mass is 32.1. The molecule has 6 heteroatoms. The van der Waals surface area contributed by atoms with Crippen molar-refractivity contribution in [1.29, 1.82) is 0 Å². The SMILES string of the molecule is O=C(Nc1cccc(-c2nc3ccncc3s2)c1)c1cccc(OCc2ccccc2)c1. The van der Waals surface area contributed by atoms with Crippen molar-refractivity contribution in [3.8, 4) is 16.3 Å². The first kappa shape index (κ1) is 19.9. The normalized spacial score (nSPS) is 10.8. The zero-order valence-corrected chi connectivity index (χ0v) is 17.9. The number of carbonyl (C=O) groups excluding carboxylic acids is 1. The van der Waals surface area contributed by atoms with Crippen LogP contribution in [0, 0.1) is 0 Å². The summed E-state index contributed by atoms with van der Waals surface area (Å²) < 4.78 is 6.88. The molecule has 1 amide bonds. The monoisotopic (exact) mass is 437 g/mol. The fourth-order valence-corrected chi connectivity index (χ4v) is 4.23. The number of amides is 1. The molecule has 32 heavy (non-hydrogen) atoms. The van der Waals surface area contributed by atoms with E-state index in [0.29, 0.717) is 23.6 Å². The van der Waals surface area contributed by atoms with E-state index in [4.69, 9.17) is 4.74 Å². The summed E-state index contributed by atoms with van der Waals surface area (Å²) in [6, 6.07) is 26.7. The molecule has 0 fully saturated rings. The van der Waals surface area contributed by atoms with Crippen LogP contribution in [0.2, 0.25) is 0 Å². The van der Waals surface area contributed by atoms with Crippen molar-refractivity contribution < 1.29 is 9.53 Å². The quantitative estimate of drug-likeness (QED) is 0.344. The van der Waals surface area contributed by atoms with Gasteiger partial charge in [-0.15, -0.1) is 11.3 Å². The van der Waals surface area contributed by atoms with Gasteiger partial charge in [0.1, 0.15) is 17.4 Å². The van der Waals surface area contributed by atoms with Gasteiger partial charge in [-0.25, -0.2) is 4.98 Å². The van der Waals surface area contributed by atoms with Crippen LogP contribution in [0.4, 0.5) is 5.69 Å². The van der Waals surface area contributed by atoms with E-state index in [9.17, 15) is 4.79 Å². The van der Waals surface area contributed by atoms with Crippen molar-refractivity contribution in [2.75, 3.05) is 5.32 Å². The number of nitrogens with one attached hydrogen (secondary N) is 1. The Morgan fingerprint density at radius 3 is 2.69 bits per heavy atom. The van der Waals surface area contributed by atoms with Gasteiger partial charge in [0.15, 0.2) is 0 Å². The minimum absolute atomic E-state index is 0.194. The number of nitrogens with zero attached hydrogens (tertiary/aromatic N) is 2. The summed E-state index contributed by atoms with van der Waals surface area (Å²) in [6.45, 7) is 0.450. The van der Waals surface area contributed by atoms with E-state index < -0.39 is 0 Å². The number of ether oxygens (including phenoxy) is 1. The molecule has 0 atom stereocenters. The summed E-state index contributed by atoms with van der Waals surface area (Å²) >= 11 is 1.58. The highest BCUT2D eigenvalue weighted by Crippen LogP contribution is 2.31. The first-order valence-electron chi connectivity index (χ1n) is 10.1. The zero-order chi connectivity index (χ0) is 21.8. The second kappa shape index (κ2) is 8.99. The maximum Gasteiger partial charge on any atom is 0.255 e. The van der Waals surface area contributed by atoms with Crippen molar-refractivity contribution in [2.45, 2.75) is 6.61 Å². The molecule has 0 bridgehead atoms. The van der Waals surface area contributed by atoms with Crippen molar-refractivity contribution in [1.82, 2.24) is 9.97 Å². The molecule has 1 N–H and O–H groups in total. The number of aromatic nitrogens is 2. The Kier molecular flexibility index (Phi) is 5.59. The van der Waals surface area contributed by atoms with Crippen LogP contribution in [0.25, 0.3) is 20.8 Å². The Morgan fingerprint density at radius 2 is 1.81 bits per heavy atom. The lowest BCUT2D eigenvalue weighted by Crippen LogP contribution is -2.12. The van der Waals surface area contributed by atoms with Crippen LogP contribution in [0.15, 0.2) is 97.3 Å². The molecule has 0 spiro atoms. The highest BCUT2D eigenvalue weighted by Gasteiger charge is 2.10. The van der Waals surface area contributed by atoms with E-state index in [1.54, 1.807) is 29.7 Å². The van der Waals surface area contributed by atoms with E-state index >= 15 is 0 Å². The number of fused-ring (bicyclic) bond motifs is 1. The van der Waals surface area contributed by atoms with Gasteiger partial charge in [-0.1, -0.05) is 48.5 Å². The van der Waals surface area contributed by atoms with Crippen LogP contribution in [-0.2, 0) is 6.61 Å². The van der Waals surface area contributed by atoms with Crippen LogP contribution < -0.4 is 10.1 Å². The predicted molar refractivity (Wildman–Crippen MR) is 128 cm³/mol. The molecule has 0 aliphatic heterocycles. The van der Waals surface area contributed by atoms with Crippen LogP contribution in [0.1, 0.15) is 15.9 Å². The molecular weight excluding hydrogens is 418 g/mol. The zero-order valence-electron chi connectivity index (χ0n) is 17.1. The van der Waals surface area contributed by atoms with E-state index in [-0.39, 0.29) is 5.91 Å². The molecule has 2 heterocycles. The Hall–Kier alpha value is -4.03. The van der Waals surface area contributed by atoms with E-state index in [1.165, 1.54) is 0 Å². The number of rotatable bonds is 6. The third-order valence-corrected chi connectivity index (χ3v) is 5.96. The lowest BCUT2D eigenvalue weighted by molar-refractivity contribution is 0.102. The topological polar surface area (TPSA) is 64.1 Å². The van der Waals surface area contributed by atoms with Crippen LogP contribution in [-0.4, -0.2) is 15.9 Å². The number of hydrogen-bond acceptors (Lipinski definition) is 5. The Bertz CT molecular complexity index is 1350. The van der Waals surface area contributed by atoms with Crippen molar-refractivity contribution in [2.24, 2.45) is 0 Å². The van der Waals surface area contributed by atoms with Gasteiger partial charge in [0.25, 0.3) is 5.91 Å². The summed E-state index contributed by atoms with van der Waals surface area (Å²) in [7, 11) is 0. The van der Waals surface area contributed by atoms with Gasteiger partial charge in [-0.2, -0.15) is 0 Å². The Balaban J connectivity index is 1.30. The van der Waals surface area contributed by atoms with Crippen molar-refractivity contribution in [3.63, 3.8) is 0 Å². The van der Waals surface area contributed by atoms with E-state index in [0.717, 1.165) is 26.4 Å². The minimum Gasteiger partial charge on any atom is -0.489 e. The number of thiazole rings is 1. The second-order valence-corrected chi connectivity index (χ2v) is 8.23. The average Bonchev–Trinajstić information content (AvgIpc) is 3.28. The molecule has 156 valence electrons. The Labute approximate surface area is 189 Å². The number of anilines is 1. The predicted octanol–water partition coefficient (Wildman–Crippen LogP) is 6.19. The molecule has 0 radical (unpaired) electrons. The van der Waals surface area contributed by atoms with Crippen LogP contribution in [0.3, 0.4) is 0 Å². The van der Waals surface area contributed by atoms with Gasteiger partial charge in [-0.3, -0.25) is 9.78 Å². The maximum atomic E-state index is 12.8. The molecule has 0 saturated heterocycles. The largest absolute Gasteiger partial charge is 0.489 e. The first-order valence-corrected chi connectivity index (χ1v) is 11.0. The van der Waals surface area contributed by atoms with Gasteiger partial charge in [0, 0.05) is 29.2 Å². The molecule has 0 unspecified atom stereocenters. The van der Waals surface area contributed by atoms with Crippen molar-refractivity contribution in [3.05, 3.63) is 108 Å². The van der Waals surface area contributed by atoms with Gasteiger partial charge in [0.05, 0.1) is 10.2 Å². The van der Waals surface area contributed by atoms with E-state index in [2.05, 4.69) is 15.3 Å². The molecule has 2 aromatic heterocycles. The number of hydrogen-bond donors (Lipinski definition) is 1. The molecule has 3 aromatic carbocycles. The average molecular weight is 438 g/mol. The summed E-state index contributed by atoms with van der Waals surface area (Å²) in [4.78, 5) is 21.7. The highest BCUT2D eigenvalue weighted by molar-refractivity contribution is 7.21. The molecule has 0 aliphatic rings. The van der Waals surface area contributed by atoms with Crippen LogP contribution in [0.5, 0.6) is 5.75 Å². The summed E-state index contributed by atoms with van der Waals surface area (Å²) in [6.07, 6.45) is 3.55. The van der Waals surface area contributed by atoms with Crippen molar-refractivity contribution >= 4 is 33.1 Å². The molecule has 5 rings (SSSR count). The van der Waals surface area contributed by atoms with Gasteiger partial charge >= 0.3 is 0 Å². The van der Waals surface area contributed by atoms with Gasteiger partial charge < -0.3 is 10.1 Å². The van der Waals surface area contributed by atoms with Gasteiger partial charge in [-0.05, 0) is 42.0 Å². The minimum atomic E-state index is -0.194. The lowest BCUT2D eigenvalue weighted by atomic mass is 10.1. The molecule has 0 aliphatic carbocycles. The fraction of sp³-hybridized carbons (Fsp3) is 0.0385. The number of pyridine rings is 1. The van der Waals surface area contributed by atoms with Crippen LogP contribution >= 0.6 is 11.3 Å².